The van der Waals surface area contributed by atoms with Crippen LogP contribution in [0.5, 0.6) is 0 Å². The summed E-state index contributed by atoms with van der Waals surface area (Å²) in [5.74, 6) is 1.15. The van der Waals surface area contributed by atoms with Crippen molar-refractivity contribution in [1.82, 2.24) is 20.2 Å². The lowest BCUT2D eigenvalue weighted by atomic mass is 9.98. The Kier molecular flexibility index (Phi) is 6.94. The van der Waals surface area contributed by atoms with Gasteiger partial charge in [-0.3, -0.25) is 14.7 Å². The van der Waals surface area contributed by atoms with Crippen molar-refractivity contribution in [2.24, 2.45) is 11.7 Å². The van der Waals surface area contributed by atoms with Crippen LogP contribution in [0.2, 0.25) is 0 Å². The lowest BCUT2D eigenvalue weighted by molar-refractivity contribution is -0.126. The summed E-state index contributed by atoms with van der Waals surface area (Å²) in [6.07, 6.45) is 11.0. The Morgan fingerprint density at radius 2 is 1.86 bits per heavy atom. The molecule has 4 heterocycles. The van der Waals surface area contributed by atoms with Crippen LogP contribution < -0.4 is 16.0 Å². The number of hydrogen-bond donors (Lipinski definition) is 2. The van der Waals surface area contributed by atoms with Crippen LogP contribution in [0.4, 0.5) is 5.82 Å². The summed E-state index contributed by atoms with van der Waals surface area (Å²) in [6.45, 7) is 5.14. The maximum atomic E-state index is 13.1. The number of piperidine rings is 1. The molecule has 1 aromatic heterocycles. The number of ether oxygens (including phenoxy) is 1. The van der Waals surface area contributed by atoms with Gasteiger partial charge in [0.15, 0.2) is 0 Å². The molecule has 0 radical (unpaired) electrons. The number of nitrogens with one attached hydrogen (secondary N) is 1. The maximum Gasteiger partial charge on any atom is 0.224 e. The molecule has 3 fully saturated rings. The summed E-state index contributed by atoms with van der Waals surface area (Å²) in [5.41, 5.74) is 6.33. The van der Waals surface area contributed by atoms with Gasteiger partial charge in [0.1, 0.15) is 5.82 Å². The molecule has 8 nitrogen and oxygen atoms in total. The first-order valence-electron chi connectivity index (χ1n) is 11.1. The zero-order valence-corrected chi connectivity index (χ0v) is 17.2. The van der Waals surface area contributed by atoms with E-state index < -0.39 is 0 Å². The van der Waals surface area contributed by atoms with Gasteiger partial charge in [-0.15, -0.1) is 0 Å². The van der Waals surface area contributed by atoms with Crippen LogP contribution in [0.3, 0.4) is 0 Å². The first-order valence-corrected chi connectivity index (χ1v) is 11.1. The van der Waals surface area contributed by atoms with Gasteiger partial charge in [0.05, 0.1) is 12.1 Å². The van der Waals surface area contributed by atoms with Gasteiger partial charge < -0.3 is 20.7 Å². The number of nitrogens with zero attached hydrogens (tertiary/aromatic N) is 4. The molecule has 2 atom stereocenters. The highest BCUT2D eigenvalue weighted by atomic mass is 16.5. The molecule has 0 bridgehead atoms. The summed E-state index contributed by atoms with van der Waals surface area (Å²) in [7, 11) is 0. The zero-order chi connectivity index (χ0) is 20.1. The van der Waals surface area contributed by atoms with E-state index in [0.29, 0.717) is 6.04 Å². The summed E-state index contributed by atoms with van der Waals surface area (Å²) >= 11 is 0. The second kappa shape index (κ2) is 9.82. The summed E-state index contributed by atoms with van der Waals surface area (Å²) < 4.78 is 5.51. The largest absolute Gasteiger partial charge is 0.381 e. The highest BCUT2D eigenvalue weighted by molar-refractivity contribution is 5.79. The molecule has 0 saturated carbocycles. The third kappa shape index (κ3) is 5.43. The number of likely N-dealkylation sites (tertiary alicyclic amines) is 1. The molecule has 29 heavy (non-hydrogen) atoms. The van der Waals surface area contributed by atoms with Crippen LogP contribution in [0.25, 0.3) is 0 Å². The van der Waals surface area contributed by atoms with Crippen LogP contribution in [0, 0.1) is 5.92 Å². The third-order valence-electron chi connectivity index (χ3n) is 6.60. The van der Waals surface area contributed by atoms with Crippen molar-refractivity contribution >= 4 is 11.7 Å². The minimum Gasteiger partial charge on any atom is -0.381 e. The van der Waals surface area contributed by atoms with Gasteiger partial charge in [-0.25, -0.2) is 4.98 Å². The van der Waals surface area contributed by atoms with E-state index in [9.17, 15) is 4.79 Å². The molecule has 0 spiro atoms. The Balaban J connectivity index is 1.29. The van der Waals surface area contributed by atoms with Crippen molar-refractivity contribution in [2.75, 3.05) is 44.3 Å². The molecule has 0 unspecified atom stereocenters. The minimum atomic E-state index is 0.0319. The highest BCUT2D eigenvalue weighted by Gasteiger charge is 2.32. The molecule has 8 heteroatoms. The van der Waals surface area contributed by atoms with E-state index in [0.717, 1.165) is 83.7 Å². The Hall–Kier alpha value is -1.77. The number of amides is 1. The van der Waals surface area contributed by atoms with E-state index in [-0.39, 0.29) is 23.9 Å². The highest BCUT2D eigenvalue weighted by Crippen LogP contribution is 2.23. The van der Waals surface area contributed by atoms with Crippen molar-refractivity contribution < 1.29 is 9.53 Å². The molecular weight excluding hydrogens is 368 g/mol. The number of aromatic nitrogens is 2. The van der Waals surface area contributed by atoms with Crippen molar-refractivity contribution in [3.05, 3.63) is 18.6 Å². The molecule has 1 amide bonds. The lowest BCUT2D eigenvalue weighted by Crippen LogP contribution is -2.49. The molecule has 160 valence electrons. The van der Waals surface area contributed by atoms with Gasteiger partial charge in [-0.1, -0.05) is 0 Å². The molecule has 3 N–H and O–H groups in total. The summed E-state index contributed by atoms with van der Waals surface area (Å²) in [4.78, 5) is 26.3. The molecule has 0 aliphatic carbocycles. The van der Waals surface area contributed by atoms with Crippen LogP contribution in [-0.2, 0) is 9.53 Å². The fraction of sp³-hybridized carbons (Fsp3) is 0.762. The van der Waals surface area contributed by atoms with E-state index in [2.05, 4.69) is 25.1 Å². The second-order valence-electron chi connectivity index (χ2n) is 8.67. The topological polar surface area (TPSA) is 96.6 Å². The molecule has 1 aromatic rings. The number of nitrogens with two attached hydrogens (primary N) is 1. The maximum absolute atomic E-state index is 13.1. The van der Waals surface area contributed by atoms with Crippen LogP contribution in [-0.4, -0.2) is 78.3 Å². The normalized spacial score (nSPS) is 28.1. The lowest BCUT2D eigenvalue weighted by Gasteiger charge is -2.36. The summed E-state index contributed by atoms with van der Waals surface area (Å²) in [6, 6.07) is 0.896. The molecule has 3 aliphatic heterocycles. The van der Waals surface area contributed by atoms with E-state index in [1.807, 2.05) is 0 Å². The Labute approximate surface area is 173 Å². The van der Waals surface area contributed by atoms with E-state index in [1.54, 1.807) is 18.6 Å². The van der Waals surface area contributed by atoms with Crippen molar-refractivity contribution in [2.45, 2.75) is 56.7 Å². The fourth-order valence-corrected chi connectivity index (χ4v) is 4.85. The van der Waals surface area contributed by atoms with Crippen LogP contribution >= 0.6 is 0 Å². The molecule has 4 rings (SSSR count). The van der Waals surface area contributed by atoms with Gasteiger partial charge in [0, 0.05) is 69.9 Å². The SMILES string of the molecule is N[C@H]1CC[C@@H](C(=O)NC2CCN(c3cnccn3)CC2)CN(C2CCOCC2)C1. The van der Waals surface area contributed by atoms with Crippen LogP contribution in [0.15, 0.2) is 18.6 Å². The monoisotopic (exact) mass is 402 g/mol. The van der Waals surface area contributed by atoms with Gasteiger partial charge in [0.25, 0.3) is 0 Å². The number of hydrogen-bond acceptors (Lipinski definition) is 7. The van der Waals surface area contributed by atoms with Crippen LogP contribution in [0.1, 0.15) is 38.5 Å². The van der Waals surface area contributed by atoms with E-state index in [4.69, 9.17) is 10.5 Å². The van der Waals surface area contributed by atoms with Gasteiger partial charge >= 0.3 is 0 Å². The zero-order valence-electron chi connectivity index (χ0n) is 17.2. The Morgan fingerprint density at radius 3 is 2.59 bits per heavy atom. The number of rotatable bonds is 4. The predicted octanol–water partition coefficient (Wildman–Crippen LogP) is 0.780. The smallest absolute Gasteiger partial charge is 0.224 e. The first kappa shape index (κ1) is 20.5. The average Bonchev–Trinajstić information content (AvgIpc) is 2.97. The third-order valence-corrected chi connectivity index (χ3v) is 6.60. The second-order valence-corrected chi connectivity index (χ2v) is 8.67. The van der Waals surface area contributed by atoms with Crippen molar-refractivity contribution in [1.29, 1.82) is 0 Å². The predicted molar refractivity (Wildman–Crippen MR) is 112 cm³/mol. The first-order chi connectivity index (χ1) is 14.2. The quantitative estimate of drug-likeness (QED) is 0.768. The van der Waals surface area contributed by atoms with E-state index >= 15 is 0 Å². The molecule has 3 saturated heterocycles. The fourth-order valence-electron chi connectivity index (χ4n) is 4.85. The Bertz CT molecular complexity index is 646. The van der Waals surface area contributed by atoms with Crippen molar-refractivity contribution in [3.8, 4) is 0 Å². The Morgan fingerprint density at radius 1 is 1.07 bits per heavy atom. The van der Waals surface area contributed by atoms with Crippen molar-refractivity contribution in [3.63, 3.8) is 0 Å². The average molecular weight is 403 g/mol. The van der Waals surface area contributed by atoms with E-state index in [1.165, 1.54) is 0 Å². The summed E-state index contributed by atoms with van der Waals surface area (Å²) in [5, 5.41) is 3.33. The standard InChI is InChI=1S/C21H34N6O2/c22-17-2-1-16(14-27(15-17)19-5-11-29-12-6-19)21(28)25-18-3-9-26(10-4-18)20-13-23-7-8-24-20/h7-8,13,16-19H,1-6,9-12,14-15,22H2,(H,25,28)/t16-,17+/m1/s1. The number of anilines is 1. The van der Waals surface area contributed by atoms with Gasteiger partial charge in [-0.05, 0) is 38.5 Å². The molecular formula is C21H34N6O2. The molecule has 0 aromatic carbocycles. The van der Waals surface area contributed by atoms with Gasteiger partial charge in [-0.2, -0.15) is 0 Å². The number of carbonyl (C=O) groups excluding carboxylic acids is 1. The number of carbonyl (C=O) groups is 1. The minimum absolute atomic E-state index is 0.0319. The van der Waals surface area contributed by atoms with Gasteiger partial charge in [0.2, 0.25) is 5.91 Å². The molecule has 3 aliphatic rings.